The number of hydrogen-bond acceptors (Lipinski definition) is 7. The molecule has 0 aromatic carbocycles. The van der Waals surface area contributed by atoms with Crippen LogP contribution in [0.1, 0.15) is 0 Å². The van der Waals surface area contributed by atoms with E-state index in [1.165, 1.54) is 0 Å². The Labute approximate surface area is 111 Å². The second kappa shape index (κ2) is 5.72. The summed E-state index contributed by atoms with van der Waals surface area (Å²) in [5, 5.41) is 34.8. The molecule has 0 heterocycles. The summed E-state index contributed by atoms with van der Waals surface area (Å²) in [6.07, 6.45) is 0. The Morgan fingerprint density at radius 1 is 1.33 bits per heavy atom. The maximum absolute atomic E-state index is 10.5. The number of carbonyl (C=O) groups is 1. The summed E-state index contributed by atoms with van der Waals surface area (Å²) < 4.78 is 0. The van der Waals surface area contributed by atoms with Gasteiger partial charge in [0, 0.05) is 0 Å². The summed E-state index contributed by atoms with van der Waals surface area (Å²) in [5.74, 6) is -1.72. The standard InChI is InChI=1S/C4H4BrClN4O8/c5-3(4(6,8(13)14)9(15)16)7(10(17)18)1-2(11)12/h3H,1H2,(H,11,12). The van der Waals surface area contributed by atoms with Crippen molar-refractivity contribution in [1.29, 1.82) is 0 Å². The van der Waals surface area contributed by atoms with Crippen molar-refractivity contribution in [2.24, 2.45) is 0 Å². The van der Waals surface area contributed by atoms with E-state index in [1.54, 1.807) is 0 Å². The number of nitrogens with zero attached hydrogens (tertiary/aromatic N) is 4. The van der Waals surface area contributed by atoms with Crippen LogP contribution in [0, 0.1) is 30.3 Å². The molecule has 0 aliphatic heterocycles. The minimum absolute atomic E-state index is 0.277. The number of halogens is 2. The summed E-state index contributed by atoms with van der Waals surface area (Å²) in [6.45, 7) is -1.32. The van der Waals surface area contributed by atoms with Gasteiger partial charge in [-0.1, -0.05) is 5.01 Å². The highest BCUT2D eigenvalue weighted by Crippen LogP contribution is 2.30. The third-order valence-corrected chi connectivity index (χ3v) is 3.44. The molecule has 0 spiro atoms. The van der Waals surface area contributed by atoms with E-state index in [0.717, 1.165) is 0 Å². The number of hydrazine groups is 1. The van der Waals surface area contributed by atoms with Crippen LogP contribution in [0.25, 0.3) is 0 Å². The van der Waals surface area contributed by atoms with Gasteiger partial charge < -0.3 is 5.11 Å². The van der Waals surface area contributed by atoms with Gasteiger partial charge in [0.1, 0.15) is 9.85 Å². The first kappa shape index (κ1) is 16.2. The lowest BCUT2D eigenvalue weighted by Crippen LogP contribution is -2.57. The zero-order valence-corrected chi connectivity index (χ0v) is 10.5. The van der Waals surface area contributed by atoms with Gasteiger partial charge in [0.25, 0.3) is 0 Å². The fourth-order valence-corrected chi connectivity index (χ4v) is 1.53. The van der Waals surface area contributed by atoms with Crippen LogP contribution in [0.2, 0.25) is 0 Å². The third kappa shape index (κ3) is 3.13. The molecule has 12 nitrogen and oxygen atoms in total. The largest absolute Gasteiger partial charge is 0.572 e. The van der Waals surface area contributed by atoms with Crippen LogP contribution < -0.4 is 0 Å². The molecule has 0 aromatic rings. The topological polar surface area (TPSA) is 170 Å². The van der Waals surface area contributed by atoms with Gasteiger partial charge >= 0.3 is 16.0 Å². The second-order valence-corrected chi connectivity index (χ2v) is 4.14. The van der Waals surface area contributed by atoms with Crippen molar-refractivity contribution in [2.45, 2.75) is 10.1 Å². The monoisotopic (exact) mass is 350 g/mol. The molecule has 0 bridgehead atoms. The molecule has 0 aliphatic carbocycles. The van der Waals surface area contributed by atoms with Crippen LogP contribution in [-0.2, 0) is 4.79 Å². The van der Waals surface area contributed by atoms with Crippen molar-refractivity contribution >= 4 is 33.5 Å². The Morgan fingerprint density at radius 2 is 1.72 bits per heavy atom. The van der Waals surface area contributed by atoms with Gasteiger partial charge in [-0.2, -0.15) is 0 Å². The molecule has 0 radical (unpaired) electrons. The summed E-state index contributed by atoms with van der Waals surface area (Å²) in [6, 6.07) is 0. The van der Waals surface area contributed by atoms with Gasteiger partial charge in [-0.15, -0.1) is 0 Å². The molecule has 1 atom stereocenters. The smallest absolute Gasteiger partial charge is 0.480 e. The van der Waals surface area contributed by atoms with Gasteiger partial charge in [0.2, 0.25) is 0 Å². The average molecular weight is 351 g/mol. The van der Waals surface area contributed by atoms with Crippen LogP contribution >= 0.6 is 27.5 Å². The lowest BCUT2D eigenvalue weighted by atomic mass is 10.4. The molecule has 0 saturated heterocycles. The zero-order chi connectivity index (χ0) is 14.7. The molecular formula is C4H4BrClN4O8. The predicted octanol–water partition coefficient (Wildman–Crippen LogP) is -0.268. The quantitative estimate of drug-likeness (QED) is 0.213. The van der Waals surface area contributed by atoms with Crippen LogP contribution in [0.4, 0.5) is 0 Å². The van der Waals surface area contributed by atoms with Gasteiger partial charge in [0.15, 0.2) is 11.6 Å². The molecule has 102 valence electrons. The highest BCUT2D eigenvalue weighted by atomic mass is 79.9. The third-order valence-electron chi connectivity index (χ3n) is 1.58. The van der Waals surface area contributed by atoms with Crippen LogP contribution in [-0.4, -0.2) is 47.6 Å². The maximum Gasteiger partial charge on any atom is 0.572 e. The Balaban J connectivity index is 5.46. The van der Waals surface area contributed by atoms with Crippen molar-refractivity contribution in [1.82, 2.24) is 5.01 Å². The van der Waals surface area contributed by atoms with E-state index in [1.807, 2.05) is 0 Å². The number of hydrogen-bond donors (Lipinski definition) is 1. The number of carboxylic acids is 1. The van der Waals surface area contributed by atoms with Gasteiger partial charge in [-0.3, -0.25) is 25.0 Å². The fraction of sp³-hybridized carbons (Fsp3) is 0.750. The fourth-order valence-electron chi connectivity index (χ4n) is 0.789. The van der Waals surface area contributed by atoms with Crippen LogP contribution in [0.3, 0.4) is 0 Å². The molecule has 0 rings (SSSR count). The first-order valence-electron chi connectivity index (χ1n) is 3.79. The Kier molecular flexibility index (Phi) is 5.16. The molecular weight excluding hydrogens is 347 g/mol. The van der Waals surface area contributed by atoms with Crippen molar-refractivity contribution in [3.05, 3.63) is 30.3 Å². The maximum atomic E-state index is 10.5. The minimum atomic E-state index is -3.50. The number of nitro groups is 3. The van der Waals surface area contributed by atoms with E-state index in [0.29, 0.717) is 0 Å². The Hall–Kier alpha value is -1.76. The molecule has 0 fully saturated rings. The van der Waals surface area contributed by atoms with E-state index < -0.39 is 37.5 Å². The number of rotatable bonds is 7. The molecule has 0 saturated carbocycles. The highest BCUT2D eigenvalue weighted by Gasteiger charge is 2.66. The number of carboxylic acid groups (broad SMARTS) is 1. The predicted molar refractivity (Wildman–Crippen MR) is 56.6 cm³/mol. The average Bonchev–Trinajstić information content (AvgIpc) is 2.22. The van der Waals surface area contributed by atoms with Crippen molar-refractivity contribution in [2.75, 3.05) is 6.54 Å². The molecule has 14 heteroatoms. The minimum Gasteiger partial charge on any atom is -0.480 e. The normalized spacial score (nSPS) is 12.6. The van der Waals surface area contributed by atoms with Crippen molar-refractivity contribution in [3.63, 3.8) is 0 Å². The summed E-state index contributed by atoms with van der Waals surface area (Å²) in [4.78, 5) is 36.5. The van der Waals surface area contributed by atoms with Crippen LogP contribution in [0.5, 0.6) is 0 Å². The van der Waals surface area contributed by atoms with Gasteiger partial charge in [-0.05, 0) is 15.9 Å². The molecule has 0 aliphatic rings. The molecule has 0 aromatic heterocycles. The van der Waals surface area contributed by atoms with E-state index >= 15 is 0 Å². The number of alkyl halides is 2. The lowest BCUT2D eigenvalue weighted by Gasteiger charge is -2.20. The summed E-state index contributed by atoms with van der Waals surface area (Å²) in [5.41, 5.74) is 0. The van der Waals surface area contributed by atoms with E-state index in [-0.39, 0.29) is 5.01 Å². The van der Waals surface area contributed by atoms with E-state index in [2.05, 4.69) is 15.9 Å². The summed E-state index contributed by atoms with van der Waals surface area (Å²) >= 11 is 7.40. The van der Waals surface area contributed by atoms with Gasteiger partial charge in [-0.25, -0.2) is 10.1 Å². The summed E-state index contributed by atoms with van der Waals surface area (Å²) in [7, 11) is 0. The van der Waals surface area contributed by atoms with Gasteiger partial charge in [0.05, 0.1) is 11.6 Å². The first-order valence-corrected chi connectivity index (χ1v) is 5.09. The Morgan fingerprint density at radius 3 is 1.94 bits per heavy atom. The molecule has 18 heavy (non-hydrogen) atoms. The van der Waals surface area contributed by atoms with Crippen molar-refractivity contribution in [3.8, 4) is 0 Å². The van der Waals surface area contributed by atoms with E-state index in [4.69, 9.17) is 16.7 Å². The molecule has 1 N–H and O–H groups in total. The zero-order valence-electron chi connectivity index (χ0n) is 8.13. The van der Waals surface area contributed by atoms with Crippen LogP contribution in [0.15, 0.2) is 0 Å². The SMILES string of the molecule is O=C(O)CN(C(Br)C(Cl)([N+](=O)[O-])[N+](=O)[O-])[N+](=O)[O-]. The number of aliphatic carboxylic acids is 1. The Bertz CT molecular complexity index is 389. The highest BCUT2D eigenvalue weighted by molar-refractivity contribution is 9.09. The van der Waals surface area contributed by atoms with E-state index in [9.17, 15) is 35.1 Å². The molecule has 1 unspecified atom stereocenters. The molecule has 0 amide bonds. The lowest BCUT2D eigenvalue weighted by molar-refractivity contribution is -0.784. The second-order valence-electron chi connectivity index (χ2n) is 2.72. The van der Waals surface area contributed by atoms with Crippen molar-refractivity contribution < 1.29 is 24.8 Å². The first-order chi connectivity index (χ1) is 8.05.